The largest absolute Gasteiger partial charge is 0.392 e. The number of nitrogens with one attached hydrogen (secondary N) is 1. The van der Waals surface area contributed by atoms with Gasteiger partial charge in [0.05, 0.1) is 12.6 Å². The molecule has 100 valence electrons. The maximum Gasteiger partial charge on any atom is 0.131 e. The van der Waals surface area contributed by atoms with E-state index in [1.165, 1.54) is 12.1 Å². The highest BCUT2D eigenvalue weighted by Crippen LogP contribution is 2.22. The van der Waals surface area contributed by atoms with E-state index in [1.807, 2.05) is 12.1 Å². The van der Waals surface area contributed by atoms with Crippen molar-refractivity contribution in [1.82, 2.24) is 0 Å². The lowest BCUT2D eigenvalue weighted by atomic mass is 10.1. The Balaban J connectivity index is 2.17. The highest BCUT2D eigenvalue weighted by molar-refractivity contribution is 5.47. The zero-order valence-electron chi connectivity index (χ0n) is 10.5. The van der Waals surface area contributed by atoms with Gasteiger partial charge in [-0.3, -0.25) is 0 Å². The standard InChI is InChI=1S/C15H15F2NO/c1-10(14-6-5-12(16)8-15(14)17)18-13-4-2-3-11(7-13)9-19/h2-8,10,18-19H,9H2,1H3. The molecule has 0 saturated carbocycles. The third-order valence-electron chi connectivity index (χ3n) is 2.92. The summed E-state index contributed by atoms with van der Waals surface area (Å²) in [7, 11) is 0. The Morgan fingerprint density at radius 2 is 1.95 bits per heavy atom. The lowest BCUT2D eigenvalue weighted by molar-refractivity contribution is 0.282. The van der Waals surface area contributed by atoms with Gasteiger partial charge in [-0.05, 0) is 30.7 Å². The van der Waals surface area contributed by atoms with Crippen LogP contribution in [-0.4, -0.2) is 5.11 Å². The molecule has 4 heteroatoms. The molecule has 0 radical (unpaired) electrons. The minimum Gasteiger partial charge on any atom is -0.392 e. The fourth-order valence-corrected chi connectivity index (χ4v) is 1.94. The van der Waals surface area contributed by atoms with E-state index in [9.17, 15) is 8.78 Å². The van der Waals surface area contributed by atoms with Crippen LogP contribution in [0, 0.1) is 11.6 Å². The van der Waals surface area contributed by atoms with Crippen LogP contribution in [0.4, 0.5) is 14.5 Å². The van der Waals surface area contributed by atoms with Crippen LogP contribution in [0.5, 0.6) is 0 Å². The molecule has 1 atom stereocenters. The molecule has 2 rings (SSSR count). The van der Waals surface area contributed by atoms with Gasteiger partial charge in [0, 0.05) is 17.3 Å². The van der Waals surface area contributed by atoms with Crippen LogP contribution in [0.3, 0.4) is 0 Å². The first-order chi connectivity index (χ1) is 9.10. The lowest BCUT2D eigenvalue weighted by Gasteiger charge is -2.17. The molecule has 1 unspecified atom stereocenters. The van der Waals surface area contributed by atoms with Gasteiger partial charge in [0.2, 0.25) is 0 Å². The molecule has 0 aliphatic rings. The number of hydrogen-bond acceptors (Lipinski definition) is 2. The van der Waals surface area contributed by atoms with Crippen LogP contribution >= 0.6 is 0 Å². The van der Waals surface area contributed by atoms with Gasteiger partial charge in [-0.1, -0.05) is 18.2 Å². The van der Waals surface area contributed by atoms with Crippen molar-refractivity contribution in [3.05, 3.63) is 65.2 Å². The zero-order valence-corrected chi connectivity index (χ0v) is 10.5. The summed E-state index contributed by atoms with van der Waals surface area (Å²) in [6.07, 6.45) is 0. The summed E-state index contributed by atoms with van der Waals surface area (Å²) in [6.45, 7) is 1.75. The Bertz CT molecular complexity index is 572. The van der Waals surface area contributed by atoms with E-state index in [0.717, 1.165) is 17.3 Å². The SMILES string of the molecule is CC(Nc1cccc(CO)c1)c1ccc(F)cc1F. The highest BCUT2D eigenvalue weighted by atomic mass is 19.1. The molecule has 2 aromatic rings. The number of aliphatic hydroxyl groups is 1. The molecule has 0 saturated heterocycles. The van der Waals surface area contributed by atoms with E-state index in [2.05, 4.69) is 5.32 Å². The Labute approximate surface area is 110 Å². The van der Waals surface area contributed by atoms with Crippen LogP contribution in [0.25, 0.3) is 0 Å². The van der Waals surface area contributed by atoms with Crippen LogP contribution < -0.4 is 5.32 Å². The number of anilines is 1. The van der Waals surface area contributed by atoms with Crippen molar-refractivity contribution in [2.24, 2.45) is 0 Å². The van der Waals surface area contributed by atoms with E-state index in [0.29, 0.717) is 5.56 Å². The molecule has 0 spiro atoms. The third kappa shape index (κ3) is 3.29. The summed E-state index contributed by atoms with van der Waals surface area (Å²) in [4.78, 5) is 0. The topological polar surface area (TPSA) is 32.3 Å². The first-order valence-corrected chi connectivity index (χ1v) is 6.01. The van der Waals surface area contributed by atoms with Gasteiger partial charge in [-0.15, -0.1) is 0 Å². The molecule has 2 N–H and O–H groups in total. The summed E-state index contributed by atoms with van der Waals surface area (Å²) in [5, 5.41) is 12.2. The monoisotopic (exact) mass is 263 g/mol. The number of aliphatic hydroxyl groups excluding tert-OH is 1. The molecular formula is C15H15F2NO. The predicted octanol–water partition coefficient (Wildman–Crippen LogP) is 3.63. The Kier molecular flexibility index (Phi) is 4.12. The summed E-state index contributed by atoms with van der Waals surface area (Å²) in [6, 6.07) is 10.5. The maximum absolute atomic E-state index is 13.6. The number of benzene rings is 2. The fourth-order valence-electron chi connectivity index (χ4n) is 1.94. The quantitative estimate of drug-likeness (QED) is 0.882. The van der Waals surface area contributed by atoms with Crippen molar-refractivity contribution >= 4 is 5.69 Å². The van der Waals surface area contributed by atoms with Crippen LogP contribution in [0.1, 0.15) is 24.1 Å². The Hall–Kier alpha value is -1.94. The molecule has 0 aliphatic heterocycles. The van der Waals surface area contributed by atoms with Crippen LogP contribution in [-0.2, 0) is 6.61 Å². The lowest BCUT2D eigenvalue weighted by Crippen LogP contribution is -2.09. The number of halogens is 2. The van der Waals surface area contributed by atoms with Crippen molar-refractivity contribution < 1.29 is 13.9 Å². The third-order valence-corrected chi connectivity index (χ3v) is 2.92. The van der Waals surface area contributed by atoms with Crippen molar-refractivity contribution in [3.63, 3.8) is 0 Å². The van der Waals surface area contributed by atoms with Crippen molar-refractivity contribution in [1.29, 1.82) is 0 Å². The van der Waals surface area contributed by atoms with E-state index in [1.54, 1.807) is 19.1 Å². The van der Waals surface area contributed by atoms with E-state index < -0.39 is 11.6 Å². The van der Waals surface area contributed by atoms with Crippen LogP contribution in [0.2, 0.25) is 0 Å². The normalized spacial score (nSPS) is 12.2. The average molecular weight is 263 g/mol. The summed E-state index contributed by atoms with van der Waals surface area (Å²) >= 11 is 0. The molecule has 19 heavy (non-hydrogen) atoms. The molecule has 2 aromatic carbocycles. The van der Waals surface area contributed by atoms with E-state index in [4.69, 9.17) is 5.11 Å². The van der Waals surface area contributed by atoms with E-state index >= 15 is 0 Å². The van der Waals surface area contributed by atoms with Crippen LogP contribution in [0.15, 0.2) is 42.5 Å². The minimum atomic E-state index is -0.587. The van der Waals surface area contributed by atoms with Crippen molar-refractivity contribution in [2.45, 2.75) is 19.6 Å². The molecular weight excluding hydrogens is 248 g/mol. The zero-order chi connectivity index (χ0) is 13.8. The minimum absolute atomic E-state index is 0.0468. The average Bonchev–Trinajstić information content (AvgIpc) is 2.38. The smallest absolute Gasteiger partial charge is 0.131 e. The Morgan fingerprint density at radius 1 is 1.16 bits per heavy atom. The maximum atomic E-state index is 13.6. The molecule has 0 heterocycles. The first-order valence-electron chi connectivity index (χ1n) is 6.01. The van der Waals surface area contributed by atoms with E-state index in [-0.39, 0.29) is 12.6 Å². The molecule has 0 bridgehead atoms. The van der Waals surface area contributed by atoms with Crippen molar-refractivity contribution in [3.8, 4) is 0 Å². The number of hydrogen-bond donors (Lipinski definition) is 2. The highest BCUT2D eigenvalue weighted by Gasteiger charge is 2.11. The summed E-state index contributed by atoms with van der Waals surface area (Å²) in [5.41, 5.74) is 1.95. The Morgan fingerprint density at radius 3 is 2.63 bits per heavy atom. The van der Waals surface area contributed by atoms with Gasteiger partial charge in [-0.25, -0.2) is 8.78 Å². The second kappa shape index (κ2) is 5.80. The molecule has 0 amide bonds. The number of rotatable bonds is 4. The van der Waals surface area contributed by atoms with Gasteiger partial charge in [0.15, 0.2) is 0 Å². The summed E-state index contributed by atoms with van der Waals surface area (Å²) < 4.78 is 26.5. The predicted molar refractivity (Wildman–Crippen MR) is 70.8 cm³/mol. The molecule has 0 fully saturated rings. The summed E-state index contributed by atoms with van der Waals surface area (Å²) in [5.74, 6) is -1.16. The molecule has 0 aliphatic carbocycles. The van der Waals surface area contributed by atoms with Gasteiger partial charge < -0.3 is 10.4 Å². The van der Waals surface area contributed by atoms with Gasteiger partial charge in [-0.2, -0.15) is 0 Å². The first kappa shape index (κ1) is 13.5. The fraction of sp³-hybridized carbons (Fsp3) is 0.200. The molecule has 2 nitrogen and oxygen atoms in total. The van der Waals surface area contributed by atoms with Gasteiger partial charge in [0.1, 0.15) is 11.6 Å². The van der Waals surface area contributed by atoms with Gasteiger partial charge in [0.25, 0.3) is 0 Å². The molecule has 0 aromatic heterocycles. The van der Waals surface area contributed by atoms with Crippen molar-refractivity contribution in [2.75, 3.05) is 5.32 Å². The second-order valence-electron chi connectivity index (χ2n) is 4.39. The van der Waals surface area contributed by atoms with Gasteiger partial charge >= 0.3 is 0 Å². The second-order valence-corrected chi connectivity index (χ2v) is 4.39.